The number of ether oxygens (including phenoxy) is 1. The minimum atomic E-state index is -0.654. The number of urea groups is 1. The highest BCUT2D eigenvalue weighted by Gasteiger charge is 2.39. The summed E-state index contributed by atoms with van der Waals surface area (Å²) in [6, 6.07) is 11.5. The maximum Gasteiger partial charge on any atom is 0.319 e. The zero-order valence-corrected chi connectivity index (χ0v) is 20.4. The topological polar surface area (TPSA) is 137 Å². The van der Waals surface area contributed by atoms with Crippen molar-refractivity contribution < 1.29 is 29.0 Å². The number of aliphatic hydroxyl groups excluding tert-OH is 1. The summed E-state index contributed by atoms with van der Waals surface area (Å²) in [6.07, 6.45) is 2.52. The molecule has 2 heterocycles. The van der Waals surface area contributed by atoms with Gasteiger partial charge < -0.3 is 25.4 Å². The van der Waals surface area contributed by atoms with Crippen molar-refractivity contribution in [3.63, 3.8) is 0 Å². The minimum absolute atomic E-state index is 0.211. The molecule has 0 radical (unpaired) electrons. The van der Waals surface area contributed by atoms with Crippen LogP contribution in [0.25, 0.3) is 0 Å². The van der Waals surface area contributed by atoms with Gasteiger partial charge >= 0.3 is 6.03 Å². The lowest BCUT2D eigenvalue weighted by Crippen LogP contribution is -2.52. The first kappa shape index (κ1) is 24.8. The predicted octanol–water partition coefficient (Wildman–Crippen LogP) is 2.17. The Kier molecular flexibility index (Phi) is 7.09. The monoisotopic (exact) mass is 506 g/mol. The molecule has 4 N–H and O–H groups in total. The number of hydrogen-bond donors (Lipinski definition) is 4. The van der Waals surface area contributed by atoms with E-state index in [9.17, 15) is 19.2 Å². The second-order valence-corrected chi connectivity index (χ2v) is 9.92. The van der Waals surface area contributed by atoms with E-state index in [2.05, 4.69) is 16.0 Å². The summed E-state index contributed by atoms with van der Waals surface area (Å²) >= 11 is 0. The number of carbonyl (C=O) groups is 4. The van der Waals surface area contributed by atoms with Crippen LogP contribution in [0, 0.1) is 11.8 Å². The van der Waals surface area contributed by atoms with Crippen LogP contribution in [0.5, 0.6) is 5.75 Å². The highest BCUT2D eigenvalue weighted by atomic mass is 16.5. The highest BCUT2D eigenvalue weighted by Crippen LogP contribution is 2.33. The number of carbonyl (C=O) groups excluding carboxylic acids is 4. The predicted molar refractivity (Wildman–Crippen MR) is 134 cm³/mol. The highest BCUT2D eigenvalue weighted by molar-refractivity contribution is 6.05. The fourth-order valence-corrected chi connectivity index (χ4v) is 5.10. The van der Waals surface area contributed by atoms with Crippen molar-refractivity contribution >= 4 is 29.4 Å². The van der Waals surface area contributed by atoms with Crippen LogP contribution < -0.4 is 20.7 Å². The van der Waals surface area contributed by atoms with Crippen molar-refractivity contribution in [2.75, 3.05) is 18.5 Å². The van der Waals surface area contributed by atoms with Gasteiger partial charge in [0.1, 0.15) is 11.8 Å². The molecular formula is C27H30N4O6. The third kappa shape index (κ3) is 5.59. The Morgan fingerprint density at radius 3 is 2.59 bits per heavy atom. The molecule has 2 aliphatic heterocycles. The lowest BCUT2D eigenvalue weighted by molar-refractivity contribution is -0.136. The SMILES string of the molecule is O=C1CC[C@@H](N2Cc3cc(CNC(=O)Nc4ccc(OCC5CC(CO)C5)cc4)ccc3C2=O)C(=O)N1. The van der Waals surface area contributed by atoms with Gasteiger partial charge in [-0.25, -0.2) is 4.79 Å². The summed E-state index contributed by atoms with van der Waals surface area (Å²) in [5.74, 6) is 0.644. The normalized spacial score (nSPS) is 22.7. The number of fused-ring (bicyclic) bond motifs is 1. The lowest BCUT2D eigenvalue weighted by Gasteiger charge is -2.33. The Morgan fingerprint density at radius 2 is 1.86 bits per heavy atom. The molecule has 2 aromatic rings. The van der Waals surface area contributed by atoms with Gasteiger partial charge in [0.05, 0.1) is 6.61 Å². The van der Waals surface area contributed by atoms with Crippen molar-refractivity contribution in [2.45, 2.75) is 44.8 Å². The maximum absolute atomic E-state index is 12.8. The number of imide groups is 1. The van der Waals surface area contributed by atoms with Crippen LogP contribution in [0.3, 0.4) is 0 Å². The van der Waals surface area contributed by atoms with Crippen LogP contribution in [0.4, 0.5) is 10.5 Å². The van der Waals surface area contributed by atoms with Crippen molar-refractivity contribution in [2.24, 2.45) is 11.8 Å². The zero-order valence-electron chi connectivity index (χ0n) is 20.4. The minimum Gasteiger partial charge on any atom is -0.493 e. The van der Waals surface area contributed by atoms with E-state index in [1.807, 2.05) is 18.2 Å². The molecule has 1 saturated carbocycles. The van der Waals surface area contributed by atoms with E-state index in [0.29, 0.717) is 36.1 Å². The molecule has 0 unspecified atom stereocenters. The third-order valence-electron chi connectivity index (χ3n) is 7.23. The Labute approximate surface area is 214 Å². The van der Waals surface area contributed by atoms with Gasteiger partial charge in [-0.15, -0.1) is 0 Å². The van der Waals surface area contributed by atoms with Gasteiger partial charge in [0.2, 0.25) is 11.8 Å². The Hall–Kier alpha value is -3.92. The van der Waals surface area contributed by atoms with Crippen LogP contribution in [0.1, 0.15) is 47.2 Å². The van der Waals surface area contributed by atoms with Crippen molar-refractivity contribution in [1.82, 2.24) is 15.5 Å². The summed E-state index contributed by atoms with van der Waals surface area (Å²) in [5, 5.41) is 17.0. The average Bonchev–Trinajstić information content (AvgIpc) is 3.18. The summed E-state index contributed by atoms with van der Waals surface area (Å²) in [7, 11) is 0. The molecule has 1 aliphatic carbocycles. The molecule has 37 heavy (non-hydrogen) atoms. The van der Waals surface area contributed by atoms with Crippen molar-refractivity contribution in [3.8, 4) is 5.75 Å². The number of anilines is 1. The number of nitrogens with zero attached hydrogens (tertiary/aromatic N) is 1. The molecule has 3 aliphatic rings. The number of aliphatic hydroxyl groups is 1. The first-order valence-corrected chi connectivity index (χ1v) is 12.5. The average molecular weight is 507 g/mol. The maximum atomic E-state index is 12.8. The number of hydrogen-bond acceptors (Lipinski definition) is 6. The first-order valence-electron chi connectivity index (χ1n) is 12.5. The lowest BCUT2D eigenvalue weighted by atomic mass is 9.76. The molecule has 0 spiro atoms. The zero-order chi connectivity index (χ0) is 25.9. The second kappa shape index (κ2) is 10.6. The molecule has 0 aromatic heterocycles. The fraction of sp³-hybridized carbons (Fsp3) is 0.407. The van der Waals surface area contributed by atoms with Crippen LogP contribution in [-0.2, 0) is 22.7 Å². The fourth-order valence-electron chi connectivity index (χ4n) is 5.10. The summed E-state index contributed by atoms with van der Waals surface area (Å²) < 4.78 is 5.79. The molecule has 10 nitrogen and oxygen atoms in total. The molecule has 1 saturated heterocycles. The third-order valence-corrected chi connectivity index (χ3v) is 7.23. The molecule has 5 rings (SSSR count). The van der Waals surface area contributed by atoms with Crippen molar-refractivity contribution in [3.05, 3.63) is 59.2 Å². The van der Waals surface area contributed by atoms with E-state index in [1.54, 1.807) is 24.3 Å². The molecule has 2 fully saturated rings. The number of nitrogens with one attached hydrogen (secondary N) is 3. The first-order chi connectivity index (χ1) is 17.9. The number of rotatable bonds is 8. The number of amides is 5. The second-order valence-electron chi connectivity index (χ2n) is 9.92. The van der Waals surface area contributed by atoms with Crippen molar-refractivity contribution in [1.29, 1.82) is 0 Å². The Balaban J connectivity index is 1.09. The van der Waals surface area contributed by atoms with E-state index in [1.165, 1.54) is 4.90 Å². The van der Waals surface area contributed by atoms with Gasteiger partial charge in [-0.05, 0) is 72.6 Å². The van der Waals surface area contributed by atoms with E-state index in [4.69, 9.17) is 9.84 Å². The van der Waals surface area contributed by atoms with Crippen LogP contribution >= 0.6 is 0 Å². The van der Waals surface area contributed by atoms with E-state index in [0.717, 1.165) is 29.7 Å². The number of piperidine rings is 1. The smallest absolute Gasteiger partial charge is 0.319 e. The molecule has 10 heteroatoms. The van der Waals surface area contributed by atoms with Crippen LogP contribution in [0.15, 0.2) is 42.5 Å². The van der Waals surface area contributed by atoms with Gasteiger partial charge in [0, 0.05) is 37.4 Å². The van der Waals surface area contributed by atoms with Gasteiger partial charge in [0.25, 0.3) is 5.91 Å². The molecule has 194 valence electrons. The summed E-state index contributed by atoms with van der Waals surface area (Å²) in [4.78, 5) is 50.3. The van der Waals surface area contributed by atoms with Gasteiger partial charge in [-0.1, -0.05) is 12.1 Å². The Bertz CT molecular complexity index is 1210. The van der Waals surface area contributed by atoms with Gasteiger partial charge in [-0.3, -0.25) is 19.7 Å². The largest absolute Gasteiger partial charge is 0.493 e. The molecule has 1 atom stereocenters. The quantitative estimate of drug-likeness (QED) is 0.405. The number of benzene rings is 2. The molecule has 2 aromatic carbocycles. The molecule has 5 amide bonds. The van der Waals surface area contributed by atoms with Crippen LogP contribution in [0.2, 0.25) is 0 Å². The summed E-state index contributed by atoms with van der Waals surface area (Å²) in [5.41, 5.74) is 2.78. The van der Waals surface area contributed by atoms with E-state index >= 15 is 0 Å². The van der Waals surface area contributed by atoms with Crippen LogP contribution in [-0.4, -0.2) is 53.0 Å². The van der Waals surface area contributed by atoms with E-state index < -0.39 is 11.9 Å². The van der Waals surface area contributed by atoms with E-state index in [-0.39, 0.29) is 44.0 Å². The Morgan fingerprint density at radius 1 is 1.08 bits per heavy atom. The van der Waals surface area contributed by atoms with Gasteiger partial charge in [0.15, 0.2) is 0 Å². The van der Waals surface area contributed by atoms with Gasteiger partial charge in [-0.2, -0.15) is 0 Å². The molecular weight excluding hydrogens is 476 g/mol. The summed E-state index contributed by atoms with van der Waals surface area (Å²) in [6.45, 7) is 1.43. The standard InChI is InChI=1S/C27H30N4O6/c32-14-17-9-18(10-17)15-37-21-4-2-20(3-5-21)29-27(36)28-12-16-1-6-22-19(11-16)13-31(26(22)35)23-7-8-24(33)30-25(23)34/h1-6,11,17-18,23,32H,7-10,12-15H2,(H2,28,29,36)(H,30,33,34)/t17?,18?,23-/m1/s1. The molecule has 0 bridgehead atoms.